The number of nitrogens with one attached hydrogen (secondary N) is 1. The topological polar surface area (TPSA) is 148 Å². The third kappa shape index (κ3) is 4.05. The highest BCUT2D eigenvalue weighted by Crippen LogP contribution is 2.38. The van der Waals surface area contributed by atoms with E-state index < -0.39 is 29.7 Å². The highest BCUT2D eigenvalue weighted by Gasteiger charge is 2.45. The highest BCUT2D eigenvalue weighted by molar-refractivity contribution is 6.47. The van der Waals surface area contributed by atoms with Gasteiger partial charge in [0.15, 0.2) is 5.78 Å². The summed E-state index contributed by atoms with van der Waals surface area (Å²) in [5.74, 6) is 2.32. The zero-order valence-corrected chi connectivity index (χ0v) is 17.1. The molecule has 1 aromatic heterocycles. The van der Waals surface area contributed by atoms with Crippen molar-refractivity contribution < 1.29 is 19.1 Å². The summed E-state index contributed by atoms with van der Waals surface area (Å²) in [6.07, 6.45) is 1.75. The standard InChI is InChI=1S/C24H17N5O4/c25-13-15-5-1-4-8-18(15)28-23(31)20(29-26)19(21(30)14-9-11-27-12-10-14)22-16-6-2-3-7-17(16)24(32)33-22/h1-12,19,22H,26H2,(H,28,31)/b29-20-. The summed E-state index contributed by atoms with van der Waals surface area (Å²) in [5.41, 5.74) is 1.07. The van der Waals surface area contributed by atoms with Crippen molar-refractivity contribution in [1.29, 1.82) is 5.26 Å². The van der Waals surface area contributed by atoms with Crippen LogP contribution in [0.5, 0.6) is 0 Å². The number of nitriles is 1. The molecule has 0 saturated heterocycles. The Hall–Kier alpha value is -4.84. The quantitative estimate of drug-likeness (QED) is 0.197. The Bertz CT molecular complexity index is 1310. The summed E-state index contributed by atoms with van der Waals surface area (Å²) in [6.45, 7) is 0. The lowest BCUT2D eigenvalue weighted by molar-refractivity contribution is -0.110. The van der Waals surface area contributed by atoms with E-state index in [-0.39, 0.29) is 22.5 Å². The minimum absolute atomic E-state index is 0.219. The Morgan fingerprint density at radius 3 is 2.52 bits per heavy atom. The van der Waals surface area contributed by atoms with Crippen molar-refractivity contribution in [1.82, 2.24) is 4.98 Å². The van der Waals surface area contributed by atoms with Gasteiger partial charge in [-0.05, 0) is 30.3 Å². The number of nitrogens with zero attached hydrogens (tertiary/aromatic N) is 3. The monoisotopic (exact) mass is 439 g/mol. The van der Waals surface area contributed by atoms with Gasteiger partial charge in [-0.25, -0.2) is 4.79 Å². The number of hydrazone groups is 1. The van der Waals surface area contributed by atoms with E-state index in [0.717, 1.165) is 0 Å². The fourth-order valence-electron chi connectivity index (χ4n) is 3.68. The summed E-state index contributed by atoms with van der Waals surface area (Å²) in [4.78, 5) is 43.1. The molecule has 33 heavy (non-hydrogen) atoms. The van der Waals surface area contributed by atoms with Gasteiger partial charge in [0.25, 0.3) is 5.91 Å². The van der Waals surface area contributed by atoms with Crippen molar-refractivity contribution in [3.8, 4) is 6.07 Å². The molecule has 3 aromatic rings. The van der Waals surface area contributed by atoms with Gasteiger partial charge < -0.3 is 15.9 Å². The number of amides is 1. The molecule has 4 rings (SSSR count). The molecular formula is C24H17N5O4. The lowest BCUT2D eigenvalue weighted by Gasteiger charge is -2.23. The number of hydrogen-bond donors (Lipinski definition) is 2. The molecule has 9 nitrogen and oxygen atoms in total. The molecule has 2 heterocycles. The van der Waals surface area contributed by atoms with Crippen molar-refractivity contribution in [2.75, 3.05) is 5.32 Å². The molecule has 1 aliphatic rings. The zero-order chi connectivity index (χ0) is 23.4. The molecule has 0 aliphatic carbocycles. The van der Waals surface area contributed by atoms with E-state index in [1.54, 1.807) is 36.4 Å². The maximum Gasteiger partial charge on any atom is 0.339 e. The molecule has 1 amide bonds. The number of para-hydroxylation sites is 1. The van der Waals surface area contributed by atoms with E-state index in [4.69, 9.17) is 10.6 Å². The lowest BCUT2D eigenvalue weighted by atomic mass is 9.84. The summed E-state index contributed by atoms with van der Waals surface area (Å²) in [7, 11) is 0. The van der Waals surface area contributed by atoms with Crippen LogP contribution in [0.4, 0.5) is 5.69 Å². The minimum atomic E-state index is -1.33. The van der Waals surface area contributed by atoms with Crippen LogP contribution in [0.15, 0.2) is 78.2 Å². The van der Waals surface area contributed by atoms with Crippen LogP contribution in [0, 0.1) is 17.2 Å². The second-order valence-electron chi connectivity index (χ2n) is 7.12. The van der Waals surface area contributed by atoms with Crippen LogP contribution >= 0.6 is 0 Å². The SMILES string of the molecule is N#Cc1ccccc1NC(=O)/C(=N\N)C(C(=O)c1ccncc1)C1OC(=O)c2ccccc21. The maximum absolute atomic E-state index is 13.5. The fraction of sp³-hybridized carbons (Fsp3) is 0.0833. The first-order valence-corrected chi connectivity index (χ1v) is 9.87. The number of nitrogens with two attached hydrogens (primary N) is 1. The molecule has 0 radical (unpaired) electrons. The molecule has 9 heteroatoms. The highest BCUT2D eigenvalue weighted by atomic mass is 16.5. The predicted molar refractivity (Wildman–Crippen MR) is 118 cm³/mol. The average molecular weight is 439 g/mol. The molecule has 2 aromatic carbocycles. The van der Waals surface area contributed by atoms with Crippen molar-refractivity contribution in [2.45, 2.75) is 6.10 Å². The number of pyridine rings is 1. The first-order chi connectivity index (χ1) is 16.0. The van der Waals surface area contributed by atoms with Crippen molar-refractivity contribution in [3.05, 3.63) is 95.3 Å². The van der Waals surface area contributed by atoms with Gasteiger partial charge in [-0.1, -0.05) is 30.3 Å². The van der Waals surface area contributed by atoms with Crippen LogP contribution in [0.25, 0.3) is 0 Å². The molecule has 1 aliphatic heterocycles. The molecule has 2 atom stereocenters. The van der Waals surface area contributed by atoms with Crippen molar-refractivity contribution in [2.24, 2.45) is 16.9 Å². The van der Waals surface area contributed by atoms with E-state index in [1.807, 2.05) is 6.07 Å². The normalized spacial score (nSPS) is 15.7. The van der Waals surface area contributed by atoms with Crippen LogP contribution < -0.4 is 11.2 Å². The van der Waals surface area contributed by atoms with Crippen molar-refractivity contribution in [3.63, 3.8) is 0 Å². The van der Waals surface area contributed by atoms with E-state index in [0.29, 0.717) is 11.1 Å². The second kappa shape index (κ2) is 9.11. The molecule has 3 N–H and O–H groups in total. The third-order valence-corrected chi connectivity index (χ3v) is 5.23. The molecule has 2 unspecified atom stereocenters. The van der Waals surface area contributed by atoms with Crippen LogP contribution in [-0.2, 0) is 9.53 Å². The van der Waals surface area contributed by atoms with Crippen LogP contribution in [0.1, 0.15) is 37.9 Å². The number of aromatic nitrogens is 1. The number of esters is 1. The number of anilines is 1. The van der Waals surface area contributed by atoms with E-state index in [2.05, 4.69) is 15.4 Å². The number of benzene rings is 2. The summed E-state index contributed by atoms with van der Waals surface area (Å²) >= 11 is 0. The maximum atomic E-state index is 13.5. The Morgan fingerprint density at radius 1 is 1.09 bits per heavy atom. The molecule has 0 bridgehead atoms. The van der Waals surface area contributed by atoms with Crippen LogP contribution in [0.3, 0.4) is 0 Å². The van der Waals surface area contributed by atoms with Gasteiger partial charge in [0, 0.05) is 23.5 Å². The van der Waals surface area contributed by atoms with Gasteiger partial charge in [-0.15, -0.1) is 0 Å². The van der Waals surface area contributed by atoms with E-state index in [1.165, 1.54) is 36.7 Å². The lowest BCUT2D eigenvalue weighted by Crippen LogP contribution is -2.39. The number of fused-ring (bicyclic) bond motifs is 1. The first-order valence-electron chi connectivity index (χ1n) is 9.87. The van der Waals surface area contributed by atoms with Gasteiger partial charge in [-0.2, -0.15) is 10.4 Å². The number of rotatable bonds is 6. The minimum Gasteiger partial charge on any atom is -0.453 e. The number of carbonyl (C=O) groups is 3. The summed E-state index contributed by atoms with van der Waals surface area (Å²) in [6, 6.07) is 17.9. The number of ketones is 1. The average Bonchev–Trinajstić information content (AvgIpc) is 3.19. The largest absolute Gasteiger partial charge is 0.453 e. The number of cyclic esters (lactones) is 1. The molecule has 162 valence electrons. The molecular weight excluding hydrogens is 422 g/mol. The Labute approximate surface area is 188 Å². The van der Waals surface area contributed by atoms with Gasteiger partial charge >= 0.3 is 5.97 Å². The first kappa shape index (κ1) is 21.4. The van der Waals surface area contributed by atoms with Gasteiger partial charge in [0.05, 0.1) is 16.8 Å². The Balaban J connectivity index is 1.77. The molecule has 0 saturated carbocycles. The number of hydrogen-bond acceptors (Lipinski definition) is 8. The Kier molecular flexibility index (Phi) is 5.91. The smallest absolute Gasteiger partial charge is 0.339 e. The number of ether oxygens (including phenoxy) is 1. The summed E-state index contributed by atoms with van der Waals surface area (Å²) in [5, 5.41) is 15.5. The summed E-state index contributed by atoms with van der Waals surface area (Å²) < 4.78 is 5.52. The van der Waals surface area contributed by atoms with Gasteiger partial charge in [0.2, 0.25) is 0 Å². The second-order valence-corrected chi connectivity index (χ2v) is 7.12. The van der Waals surface area contributed by atoms with Gasteiger partial charge in [0.1, 0.15) is 23.8 Å². The number of Topliss-reactive ketones (excluding diaryl/α,β-unsaturated/α-hetero) is 1. The third-order valence-electron chi connectivity index (χ3n) is 5.23. The molecule has 0 fully saturated rings. The van der Waals surface area contributed by atoms with E-state index >= 15 is 0 Å². The molecule has 0 spiro atoms. The number of carbonyl (C=O) groups excluding carboxylic acids is 3. The van der Waals surface area contributed by atoms with Crippen LogP contribution in [-0.4, -0.2) is 28.4 Å². The predicted octanol–water partition coefficient (Wildman–Crippen LogP) is 2.62. The zero-order valence-electron chi connectivity index (χ0n) is 17.1. The van der Waals surface area contributed by atoms with Crippen LogP contribution in [0.2, 0.25) is 0 Å². The fourth-order valence-corrected chi connectivity index (χ4v) is 3.68. The van der Waals surface area contributed by atoms with E-state index in [9.17, 15) is 19.6 Å². The van der Waals surface area contributed by atoms with Gasteiger partial charge in [-0.3, -0.25) is 14.6 Å². The van der Waals surface area contributed by atoms with Crippen molar-refractivity contribution >= 4 is 29.1 Å². The Morgan fingerprint density at radius 2 is 1.79 bits per heavy atom.